The highest BCUT2D eigenvalue weighted by molar-refractivity contribution is 5.22. The standard InChI is InChI=1S/C17H21NO2/c1-13(17-3-2-10-20-17)18(16-8-9-16)11-14-4-6-15(12-19)7-5-14/h2-7,10,13,16,19H,8-9,11-12H2,1H3. The molecule has 0 saturated heterocycles. The van der Waals surface area contributed by atoms with Crippen LogP contribution >= 0.6 is 0 Å². The molecule has 3 nitrogen and oxygen atoms in total. The Morgan fingerprint density at radius 2 is 1.90 bits per heavy atom. The number of benzene rings is 1. The lowest BCUT2D eigenvalue weighted by molar-refractivity contribution is 0.169. The van der Waals surface area contributed by atoms with Crippen molar-refractivity contribution in [1.82, 2.24) is 4.90 Å². The average Bonchev–Trinajstić information content (AvgIpc) is 3.18. The van der Waals surface area contributed by atoms with Gasteiger partial charge in [0.05, 0.1) is 18.9 Å². The summed E-state index contributed by atoms with van der Waals surface area (Å²) in [6, 6.07) is 13.2. The van der Waals surface area contributed by atoms with Gasteiger partial charge in [-0.3, -0.25) is 4.90 Å². The molecule has 0 radical (unpaired) electrons. The molecule has 0 aliphatic heterocycles. The van der Waals surface area contributed by atoms with Crippen LogP contribution in [-0.2, 0) is 13.2 Å². The second kappa shape index (κ2) is 5.81. The molecular weight excluding hydrogens is 250 g/mol. The van der Waals surface area contributed by atoms with E-state index in [1.54, 1.807) is 6.26 Å². The number of hydrogen-bond acceptors (Lipinski definition) is 3. The van der Waals surface area contributed by atoms with Crippen molar-refractivity contribution >= 4 is 0 Å². The first kappa shape index (κ1) is 13.4. The molecule has 1 unspecified atom stereocenters. The first-order valence-corrected chi connectivity index (χ1v) is 7.26. The molecule has 2 aromatic rings. The van der Waals surface area contributed by atoms with E-state index >= 15 is 0 Å². The topological polar surface area (TPSA) is 36.6 Å². The van der Waals surface area contributed by atoms with Crippen molar-refractivity contribution < 1.29 is 9.52 Å². The fraction of sp³-hybridized carbons (Fsp3) is 0.412. The van der Waals surface area contributed by atoms with E-state index in [4.69, 9.17) is 9.52 Å². The maximum Gasteiger partial charge on any atom is 0.120 e. The molecule has 1 saturated carbocycles. The Morgan fingerprint density at radius 3 is 2.45 bits per heavy atom. The Morgan fingerprint density at radius 1 is 1.20 bits per heavy atom. The highest BCUT2D eigenvalue weighted by Crippen LogP contribution is 2.35. The highest BCUT2D eigenvalue weighted by atomic mass is 16.3. The predicted octanol–water partition coefficient (Wildman–Crippen LogP) is 3.50. The van der Waals surface area contributed by atoms with E-state index in [-0.39, 0.29) is 6.61 Å². The van der Waals surface area contributed by atoms with Gasteiger partial charge >= 0.3 is 0 Å². The number of aliphatic hydroxyl groups excluding tert-OH is 1. The van der Waals surface area contributed by atoms with Gasteiger partial charge in [0.25, 0.3) is 0 Å². The van der Waals surface area contributed by atoms with E-state index in [0.29, 0.717) is 12.1 Å². The van der Waals surface area contributed by atoms with Crippen molar-refractivity contribution in [2.24, 2.45) is 0 Å². The van der Waals surface area contributed by atoms with Gasteiger partial charge in [0.15, 0.2) is 0 Å². The van der Waals surface area contributed by atoms with Gasteiger partial charge in [0.2, 0.25) is 0 Å². The van der Waals surface area contributed by atoms with Crippen LogP contribution < -0.4 is 0 Å². The van der Waals surface area contributed by atoms with E-state index in [9.17, 15) is 0 Å². The molecule has 1 atom stereocenters. The lowest BCUT2D eigenvalue weighted by Crippen LogP contribution is -2.28. The normalized spacial score (nSPS) is 16.6. The van der Waals surface area contributed by atoms with Gasteiger partial charge in [-0.2, -0.15) is 0 Å². The van der Waals surface area contributed by atoms with E-state index in [2.05, 4.69) is 30.0 Å². The van der Waals surface area contributed by atoms with E-state index in [1.807, 2.05) is 18.2 Å². The third-order valence-electron chi connectivity index (χ3n) is 4.04. The van der Waals surface area contributed by atoms with Crippen molar-refractivity contribution in [3.8, 4) is 0 Å². The van der Waals surface area contributed by atoms with Gasteiger partial charge in [-0.25, -0.2) is 0 Å². The lowest BCUT2D eigenvalue weighted by Gasteiger charge is -2.27. The molecule has 0 amide bonds. The molecule has 1 aromatic heterocycles. The third-order valence-corrected chi connectivity index (χ3v) is 4.04. The first-order chi connectivity index (χ1) is 9.78. The van der Waals surface area contributed by atoms with Crippen LogP contribution in [0.15, 0.2) is 47.1 Å². The Labute approximate surface area is 119 Å². The molecule has 3 heteroatoms. The van der Waals surface area contributed by atoms with Crippen LogP contribution in [0.2, 0.25) is 0 Å². The minimum atomic E-state index is 0.107. The van der Waals surface area contributed by atoms with Gasteiger partial charge in [-0.05, 0) is 43.0 Å². The molecule has 1 aliphatic carbocycles. The Balaban J connectivity index is 1.73. The fourth-order valence-corrected chi connectivity index (χ4v) is 2.64. The van der Waals surface area contributed by atoms with E-state index < -0.39 is 0 Å². The van der Waals surface area contributed by atoms with Gasteiger partial charge in [-0.15, -0.1) is 0 Å². The zero-order valence-corrected chi connectivity index (χ0v) is 11.8. The van der Waals surface area contributed by atoms with Crippen LogP contribution in [0.25, 0.3) is 0 Å². The van der Waals surface area contributed by atoms with Gasteiger partial charge in [0, 0.05) is 12.6 Å². The Bertz CT molecular complexity index is 529. The highest BCUT2D eigenvalue weighted by Gasteiger charge is 2.33. The summed E-state index contributed by atoms with van der Waals surface area (Å²) in [7, 11) is 0. The van der Waals surface area contributed by atoms with Crippen molar-refractivity contribution in [2.45, 2.75) is 45.0 Å². The maximum absolute atomic E-state index is 9.10. The average molecular weight is 271 g/mol. The zero-order valence-electron chi connectivity index (χ0n) is 11.8. The Kier molecular flexibility index (Phi) is 3.90. The molecule has 106 valence electrons. The second-order valence-electron chi connectivity index (χ2n) is 5.57. The molecule has 1 aromatic carbocycles. The fourth-order valence-electron chi connectivity index (χ4n) is 2.64. The summed E-state index contributed by atoms with van der Waals surface area (Å²) in [6.07, 6.45) is 4.30. The van der Waals surface area contributed by atoms with Crippen molar-refractivity contribution in [3.05, 3.63) is 59.5 Å². The zero-order chi connectivity index (χ0) is 13.9. The molecule has 0 spiro atoms. The van der Waals surface area contributed by atoms with Crippen molar-refractivity contribution in [2.75, 3.05) is 0 Å². The molecule has 1 aliphatic rings. The first-order valence-electron chi connectivity index (χ1n) is 7.26. The number of furan rings is 1. The summed E-state index contributed by atoms with van der Waals surface area (Å²) in [6.45, 7) is 3.24. The van der Waals surface area contributed by atoms with E-state index in [0.717, 1.165) is 17.9 Å². The van der Waals surface area contributed by atoms with Gasteiger partial charge in [-0.1, -0.05) is 24.3 Å². The van der Waals surface area contributed by atoms with Gasteiger partial charge < -0.3 is 9.52 Å². The number of rotatable bonds is 6. The molecule has 20 heavy (non-hydrogen) atoms. The monoisotopic (exact) mass is 271 g/mol. The predicted molar refractivity (Wildman–Crippen MR) is 78.1 cm³/mol. The maximum atomic E-state index is 9.10. The minimum Gasteiger partial charge on any atom is -0.468 e. The number of aliphatic hydroxyl groups is 1. The summed E-state index contributed by atoms with van der Waals surface area (Å²) < 4.78 is 5.55. The molecule has 3 rings (SSSR count). The molecule has 1 fully saturated rings. The quantitative estimate of drug-likeness (QED) is 0.873. The smallest absolute Gasteiger partial charge is 0.120 e. The third kappa shape index (κ3) is 2.94. The van der Waals surface area contributed by atoms with Crippen LogP contribution in [0.1, 0.15) is 42.7 Å². The molecule has 0 bridgehead atoms. The second-order valence-corrected chi connectivity index (χ2v) is 5.57. The number of nitrogens with zero attached hydrogens (tertiary/aromatic N) is 1. The SMILES string of the molecule is CC(c1ccco1)N(Cc1ccc(CO)cc1)C1CC1. The summed E-state index contributed by atoms with van der Waals surface area (Å²) in [4.78, 5) is 2.51. The summed E-state index contributed by atoms with van der Waals surface area (Å²) >= 11 is 0. The summed E-state index contributed by atoms with van der Waals surface area (Å²) in [5.74, 6) is 1.03. The summed E-state index contributed by atoms with van der Waals surface area (Å²) in [5, 5.41) is 9.10. The van der Waals surface area contributed by atoms with Crippen LogP contribution in [0.3, 0.4) is 0 Å². The minimum absolute atomic E-state index is 0.107. The largest absolute Gasteiger partial charge is 0.468 e. The van der Waals surface area contributed by atoms with Gasteiger partial charge in [0.1, 0.15) is 5.76 Å². The Hall–Kier alpha value is -1.58. The van der Waals surface area contributed by atoms with Crippen molar-refractivity contribution in [3.63, 3.8) is 0 Å². The summed E-state index contributed by atoms with van der Waals surface area (Å²) in [5.41, 5.74) is 2.25. The number of hydrogen-bond donors (Lipinski definition) is 1. The van der Waals surface area contributed by atoms with Crippen LogP contribution in [0.4, 0.5) is 0 Å². The lowest BCUT2D eigenvalue weighted by atomic mass is 10.1. The van der Waals surface area contributed by atoms with Crippen LogP contribution in [0.5, 0.6) is 0 Å². The molecule has 1 N–H and O–H groups in total. The molecular formula is C17H21NO2. The van der Waals surface area contributed by atoms with Crippen LogP contribution in [0, 0.1) is 0 Å². The molecule has 1 heterocycles. The van der Waals surface area contributed by atoms with Crippen LogP contribution in [-0.4, -0.2) is 16.0 Å². The van der Waals surface area contributed by atoms with Crippen molar-refractivity contribution in [1.29, 1.82) is 0 Å². The van der Waals surface area contributed by atoms with E-state index in [1.165, 1.54) is 18.4 Å².